The Kier molecular flexibility index (Phi) is 11.2. The van der Waals surface area contributed by atoms with E-state index < -0.39 is 0 Å². The average molecular weight is 564 g/mol. The lowest BCUT2D eigenvalue weighted by Gasteiger charge is -2.18. The molecule has 3 N–H and O–H groups in total. The molecule has 6 nitrogen and oxygen atoms in total. The van der Waals surface area contributed by atoms with Crippen molar-refractivity contribution in [3.05, 3.63) is 58.1 Å². The second-order valence-electron chi connectivity index (χ2n) is 5.91. The van der Waals surface area contributed by atoms with Gasteiger partial charge in [-0.3, -0.25) is 4.99 Å². The lowest BCUT2D eigenvalue weighted by molar-refractivity contribution is 0.265. The maximum atomic E-state index is 9.68. The van der Waals surface area contributed by atoms with Crippen molar-refractivity contribution < 1.29 is 14.6 Å². The van der Waals surface area contributed by atoms with Crippen LogP contribution < -0.4 is 20.1 Å². The Morgan fingerprint density at radius 1 is 1.14 bits per heavy atom. The van der Waals surface area contributed by atoms with Crippen molar-refractivity contribution in [2.24, 2.45) is 4.99 Å². The van der Waals surface area contributed by atoms with E-state index in [-0.39, 0.29) is 36.5 Å². The second-order valence-corrected chi connectivity index (χ2v) is 6.76. The quantitative estimate of drug-likeness (QED) is 0.260. The van der Waals surface area contributed by atoms with Crippen molar-refractivity contribution in [2.45, 2.75) is 12.5 Å². The minimum Gasteiger partial charge on any atom is -0.493 e. The van der Waals surface area contributed by atoms with Crippen LogP contribution in [0.25, 0.3) is 0 Å². The SMILES string of the molecule is CN=C(NCc1cc(Br)c(OC)c(OC)c1)NCC(CO)c1ccccc1.I. The third-order valence-corrected chi connectivity index (χ3v) is 4.77. The lowest BCUT2D eigenvalue weighted by atomic mass is 10.0. The molecule has 154 valence electrons. The molecule has 1 atom stereocenters. The van der Waals surface area contributed by atoms with Gasteiger partial charge in [-0.1, -0.05) is 30.3 Å². The van der Waals surface area contributed by atoms with E-state index in [1.165, 1.54) is 0 Å². The van der Waals surface area contributed by atoms with E-state index in [4.69, 9.17) is 9.47 Å². The van der Waals surface area contributed by atoms with Crippen LogP contribution in [0.2, 0.25) is 0 Å². The standard InChI is InChI=1S/C20H26BrN3O3.HI/c1-22-20(24-12-16(13-25)15-7-5-4-6-8-15)23-11-14-9-17(21)19(27-3)18(10-14)26-2;/h4-10,16,25H,11-13H2,1-3H3,(H2,22,23,24);1H. The molecule has 28 heavy (non-hydrogen) atoms. The summed E-state index contributed by atoms with van der Waals surface area (Å²) in [6.45, 7) is 1.21. The Balaban J connectivity index is 0.00000392. The van der Waals surface area contributed by atoms with E-state index in [1.807, 2.05) is 42.5 Å². The van der Waals surface area contributed by atoms with Gasteiger partial charge in [0.25, 0.3) is 0 Å². The number of ether oxygens (including phenoxy) is 2. The van der Waals surface area contributed by atoms with Crippen LogP contribution in [0.1, 0.15) is 17.0 Å². The van der Waals surface area contributed by atoms with Gasteiger partial charge < -0.3 is 25.2 Å². The minimum atomic E-state index is -0.0000232. The summed E-state index contributed by atoms with van der Waals surface area (Å²) in [5, 5.41) is 16.2. The van der Waals surface area contributed by atoms with Gasteiger partial charge in [0.05, 0.1) is 25.3 Å². The summed E-state index contributed by atoms with van der Waals surface area (Å²) in [6, 6.07) is 13.8. The molecule has 0 fully saturated rings. The first-order valence-corrected chi connectivity index (χ1v) is 9.42. The van der Waals surface area contributed by atoms with Gasteiger partial charge in [0.15, 0.2) is 17.5 Å². The predicted octanol–water partition coefficient (Wildman–Crippen LogP) is 3.53. The fourth-order valence-electron chi connectivity index (χ4n) is 2.71. The molecule has 0 bridgehead atoms. The number of aliphatic imine (C=N–C) groups is 1. The van der Waals surface area contributed by atoms with Crippen LogP contribution in [-0.2, 0) is 6.54 Å². The second kappa shape index (κ2) is 12.8. The first-order valence-electron chi connectivity index (χ1n) is 8.63. The third-order valence-electron chi connectivity index (χ3n) is 4.18. The van der Waals surface area contributed by atoms with Gasteiger partial charge >= 0.3 is 0 Å². The van der Waals surface area contributed by atoms with Crippen molar-refractivity contribution in [2.75, 3.05) is 34.4 Å². The normalized spacial score (nSPS) is 12.0. The molecular weight excluding hydrogens is 537 g/mol. The highest BCUT2D eigenvalue weighted by Crippen LogP contribution is 2.36. The topological polar surface area (TPSA) is 75.1 Å². The lowest BCUT2D eigenvalue weighted by Crippen LogP contribution is -2.39. The van der Waals surface area contributed by atoms with E-state index in [2.05, 4.69) is 31.6 Å². The summed E-state index contributed by atoms with van der Waals surface area (Å²) in [6.07, 6.45) is 0. The zero-order valence-electron chi connectivity index (χ0n) is 16.2. The van der Waals surface area contributed by atoms with Gasteiger partial charge in [-0.25, -0.2) is 0 Å². The molecule has 2 rings (SSSR count). The number of methoxy groups -OCH3 is 2. The molecular formula is C20H27BrIN3O3. The summed E-state index contributed by atoms with van der Waals surface area (Å²) < 4.78 is 11.5. The molecule has 0 aromatic heterocycles. The van der Waals surface area contributed by atoms with Crippen molar-refractivity contribution >= 4 is 45.9 Å². The van der Waals surface area contributed by atoms with Gasteiger partial charge in [-0.2, -0.15) is 0 Å². The summed E-state index contributed by atoms with van der Waals surface area (Å²) in [5.41, 5.74) is 2.11. The maximum absolute atomic E-state index is 9.68. The Morgan fingerprint density at radius 2 is 1.86 bits per heavy atom. The number of aliphatic hydroxyl groups is 1. The largest absolute Gasteiger partial charge is 0.493 e. The van der Waals surface area contributed by atoms with Crippen LogP contribution in [0.4, 0.5) is 0 Å². The number of nitrogens with zero attached hydrogens (tertiary/aromatic N) is 1. The Hall–Kier alpha value is -1.52. The molecule has 0 heterocycles. The fraction of sp³-hybridized carbons (Fsp3) is 0.350. The summed E-state index contributed by atoms with van der Waals surface area (Å²) in [7, 11) is 4.94. The van der Waals surface area contributed by atoms with Gasteiger partial charge in [0.1, 0.15) is 0 Å². The molecule has 0 aliphatic heterocycles. The van der Waals surface area contributed by atoms with Crippen molar-refractivity contribution in [3.8, 4) is 11.5 Å². The maximum Gasteiger partial charge on any atom is 0.191 e. The Morgan fingerprint density at radius 3 is 2.43 bits per heavy atom. The molecule has 1 unspecified atom stereocenters. The van der Waals surface area contributed by atoms with E-state index in [0.29, 0.717) is 30.5 Å². The highest BCUT2D eigenvalue weighted by atomic mass is 127. The number of benzene rings is 2. The highest BCUT2D eigenvalue weighted by Gasteiger charge is 2.12. The fourth-order valence-corrected chi connectivity index (χ4v) is 3.36. The molecule has 2 aromatic carbocycles. The number of guanidine groups is 1. The van der Waals surface area contributed by atoms with Crippen molar-refractivity contribution in [1.29, 1.82) is 0 Å². The third kappa shape index (κ3) is 6.82. The smallest absolute Gasteiger partial charge is 0.191 e. The molecule has 0 saturated carbocycles. The van der Waals surface area contributed by atoms with E-state index in [0.717, 1.165) is 15.6 Å². The number of aliphatic hydroxyl groups excluding tert-OH is 1. The first kappa shape index (κ1) is 24.5. The van der Waals surface area contributed by atoms with Crippen LogP contribution in [0.3, 0.4) is 0 Å². The molecule has 8 heteroatoms. The molecule has 0 amide bonds. The Labute approximate surface area is 191 Å². The number of halogens is 2. The van der Waals surface area contributed by atoms with Crippen LogP contribution in [0, 0.1) is 0 Å². The summed E-state index contributed by atoms with van der Waals surface area (Å²) >= 11 is 3.50. The van der Waals surface area contributed by atoms with Gasteiger partial charge in [0, 0.05) is 26.1 Å². The number of hydrogen-bond acceptors (Lipinski definition) is 4. The molecule has 0 aliphatic carbocycles. The first-order chi connectivity index (χ1) is 13.1. The summed E-state index contributed by atoms with van der Waals surface area (Å²) in [5.74, 6) is 1.99. The molecule has 0 saturated heterocycles. The van der Waals surface area contributed by atoms with Crippen molar-refractivity contribution in [1.82, 2.24) is 10.6 Å². The monoisotopic (exact) mass is 563 g/mol. The average Bonchev–Trinajstić information content (AvgIpc) is 2.70. The molecule has 0 aliphatic rings. The van der Waals surface area contributed by atoms with Crippen LogP contribution in [0.5, 0.6) is 11.5 Å². The Bertz CT molecular complexity index is 760. The van der Waals surface area contributed by atoms with E-state index >= 15 is 0 Å². The molecule has 2 aromatic rings. The number of hydrogen-bond donors (Lipinski definition) is 3. The highest BCUT2D eigenvalue weighted by molar-refractivity contribution is 14.0. The van der Waals surface area contributed by atoms with E-state index in [9.17, 15) is 5.11 Å². The summed E-state index contributed by atoms with van der Waals surface area (Å²) in [4.78, 5) is 4.25. The van der Waals surface area contributed by atoms with Crippen LogP contribution in [-0.4, -0.2) is 45.5 Å². The van der Waals surface area contributed by atoms with Crippen LogP contribution >= 0.6 is 39.9 Å². The van der Waals surface area contributed by atoms with Gasteiger partial charge in [-0.05, 0) is 39.2 Å². The predicted molar refractivity (Wildman–Crippen MR) is 127 cm³/mol. The van der Waals surface area contributed by atoms with Gasteiger partial charge in [-0.15, -0.1) is 24.0 Å². The number of rotatable bonds is 8. The molecule has 0 radical (unpaired) electrons. The minimum absolute atomic E-state index is 0. The van der Waals surface area contributed by atoms with E-state index in [1.54, 1.807) is 21.3 Å². The van der Waals surface area contributed by atoms with Crippen LogP contribution in [0.15, 0.2) is 51.9 Å². The zero-order valence-corrected chi connectivity index (χ0v) is 20.2. The zero-order chi connectivity index (χ0) is 19.6. The van der Waals surface area contributed by atoms with Crippen molar-refractivity contribution in [3.63, 3.8) is 0 Å². The number of nitrogens with one attached hydrogen (secondary N) is 2. The van der Waals surface area contributed by atoms with Gasteiger partial charge in [0.2, 0.25) is 0 Å². The molecule has 0 spiro atoms.